The first-order valence-corrected chi connectivity index (χ1v) is 9.53. The van der Waals surface area contributed by atoms with Gasteiger partial charge in [0, 0.05) is 22.4 Å². The number of nitrogens with one attached hydrogen (secondary N) is 1. The van der Waals surface area contributed by atoms with Gasteiger partial charge in [0.1, 0.15) is 0 Å². The van der Waals surface area contributed by atoms with Crippen molar-refractivity contribution >= 4 is 53.2 Å². The second-order valence-electron chi connectivity index (χ2n) is 4.00. The molecule has 20 heavy (non-hydrogen) atoms. The van der Waals surface area contributed by atoms with Gasteiger partial charge in [-0.15, -0.1) is 11.3 Å². The van der Waals surface area contributed by atoms with Crippen molar-refractivity contribution in [2.75, 3.05) is 0 Å². The normalized spacial score (nSPS) is 11.8. The Hall–Kier alpha value is -0.250. The van der Waals surface area contributed by atoms with Crippen molar-refractivity contribution < 1.29 is 8.42 Å². The highest BCUT2D eigenvalue weighted by molar-refractivity contribution is 9.11. The maximum atomic E-state index is 12.3. The second kappa shape index (κ2) is 6.67. The Morgan fingerprint density at radius 3 is 2.55 bits per heavy atom. The zero-order valence-electron chi connectivity index (χ0n) is 10.3. The van der Waals surface area contributed by atoms with Crippen LogP contribution in [0, 0.1) is 0 Å². The van der Waals surface area contributed by atoms with Crippen LogP contribution in [0.4, 0.5) is 0 Å². The number of benzene rings is 1. The molecule has 8 heteroatoms. The van der Waals surface area contributed by atoms with E-state index in [2.05, 4.69) is 36.6 Å². The maximum Gasteiger partial charge on any atom is 0.242 e. The number of hydrogen-bond acceptors (Lipinski definition) is 4. The summed E-state index contributed by atoms with van der Waals surface area (Å²) >= 11 is 8.10. The van der Waals surface area contributed by atoms with Gasteiger partial charge in [-0.05, 0) is 61.7 Å². The van der Waals surface area contributed by atoms with E-state index in [-0.39, 0.29) is 11.4 Å². The van der Waals surface area contributed by atoms with E-state index in [1.807, 2.05) is 12.1 Å². The summed E-state index contributed by atoms with van der Waals surface area (Å²) < 4.78 is 28.7. The lowest BCUT2D eigenvalue weighted by atomic mass is 10.2. The van der Waals surface area contributed by atoms with Crippen LogP contribution in [0.3, 0.4) is 0 Å². The van der Waals surface area contributed by atoms with Crippen molar-refractivity contribution in [3.05, 3.63) is 49.0 Å². The lowest BCUT2D eigenvalue weighted by molar-refractivity contribution is 0.581. The molecule has 1 aromatic carbocycles. The van der Waals surface area contributed by atoms with Crippen LogP contribution in [0.2, 0.25) is 0 Å². The molecule has 0 saturated heterocycles. The van der Waals surface area contributed by atoms with Crippen LogP contribution in [0.25, 0.3) is 0 Å². The number of halogens is 2. The van der Waals surface area contributed by atoms with E-state index in [0.717, 1.165) is 14.2 Å². The molecule has 0 aliphatic rings. The summed E-state index contributed by atoms with van der Waals surface area (Å²) in [4.78, 5) is 1.14. The van der Waals surface area contributed by atoms with Gasteiger partial charge in [0.2, 0.25) is 10.0 Å². The van der Waals surface area contributed by atoms with E-state index < -0.39 is 10.0 Å². The number of thiophene rings is 1. The van der Waals surface area contributed by atoms with Gasteiger partial charge in [0.05, 0.1) is 8.68 Å². The van der Waals surface area contributed by atoms with E-state index in [0.29, 0.717) is 11.0 Å². The van der Waals surface area contributed by atoms with Gasteiger partial charge in [0.25, 0.3) is 0 Å². The molecule has 1 aromatic heterocycles. The number of nitrogens with two attached hydrogens (primary N) is 1. The molecular weight excluding hydrogens is 428 g/mol. The molecule has 2 rings (SSSR count). The summed E-state index contributed by atoms with van der Waals surface area (Å²) in [5.74, 6) is 0. The fourth-order valence-corrected chi connectivity index (χ4v) is 5.10. The molecule has 2 aromatic rings. The van der Waals surface area contributed by atoms with Crippen LogP contribution in [0.1, 0.15) is 10.4 Å². The lowest BCUT2D eigenvalue weighted by Crippen LogP contribution is -2.23. The SMILES string of the molecule is NCc1ccc(Br)c(S(=O)(=O)NCc2ccc(Br)s2)c1. The molecule has 108 valence electrons. The fourth-order valence-electron chi connectivity index (χ4n) is 1.57. The smallest absolute Gasteiger partial charge is 0.242 e. The standard InChI is InChI=1S/C12H12Br2N2O2S2/c13-10-3-1-8(6-15)5-11(10)20(17,18)16-7-9-2-4-12(14)19-9/h1-5,16H,6-7,15H2. The molecule has 3 N–H and O–H groups in total. The third-order valence-corrected chi connectivity index (χ3v) is 6.60. The van der Waals surface area contributed by atoms with Crippen LogP contribution in [-0.4, -0.2) is 8.42 Å². The molecule has 0 radical (unpaired) electrons. The molecule has 0 saturated carbocycles. The van der Waals surface area contributed by atoms with E-state index in [1.54, 1.807) is 18.2 Å². The van der Waals surface area contributed by atoms with Crippen LogP contribution >= 0.6 is 43.2 Å². The third kappa shape index (κ3) is 3.90. The number of rotatable bonds is 5. The molecule has 0 aliphatic carbocycles. The Morgan fingerprint density at radius 1 is 1.20 bits per heavy atom. The van der Waals surface area contributed by atoms with E-state index >= 15 is 0 Å². The van der Waals surface area contributed by atoms with Crippen molar-refractivity contribution in [1.29, 1.82) is 0 Å². The van der Waals surface area contributed by atoms with Crippen LogP contribution in [0.5, 0.6) is 0 Å². The van der Waals surface area contributed by atoms with Crippen LogP contribution < -0.4 is 10.5 Å². The van der Waals surface area contributed by atoms with Crippen molar-refractivity contribution in [3.63, 3.8) is 0 Å². The van der Waals surface area contributed by atoms with Gasteiger partial charge >= 0.3 is 0 Å². The maximum absolute atomic E-state index is 12.3. The Balaban J connectivity index is 2.21. The van der Waals surface area contributed by atoms with E-state index in [9.17, 15) is 8.42 Å². The summed E-state index contributed by atoms with van der Waals surface area (Å²) in [6, 6.07) is 8.83. The Kier molecular flexibility index (Phi) is 5.38. The first-order valence-electron chi connectivity index (χ1n) is 5.65. The highest BCUT2D eigenvalue weighted by atomic mass is 79.9. The minimum atomic E-state index is -3.57. The van der Waals surface area contributed by atoms with Crippen molar-refractivity contribution in [2.24, 2.45) is 5.73 Å². The molecule has 4 nitrogen and oxygen atoms in total. The quantitative estimate of drug-likeness (QED) is 0.751. The monoisotopic (exact) mass is 438 g/mol. The topological polar surface area (TPSA) is 72.2 Å². The number of sulfonamides is 1. The molecule has 1 heterocycles. The summed E-state index contributed by atoms with van der Waals surface area (Å²) in [7, 11) is -3.57. The predicted molar refractivity (Wildman–Crippen MR) is 88.1 cm³/mol. The minimum Gasteiger partial charge on any atom is -0.326 e. The largest absolute Gasteiger partial charge is 0.326 e. The molecule has 0 unspecified atom stereocenters. The summed E-state index contributed by atoms with van der Waals surface area (Å²) in [5, 5.41) is 0. The van der Waals surface area contributed by atoms with Gasteiger partial charge < -0.3 is 5.73 Å². The number of hydrogen-bond donors (Lipinski definition) is 2. The van der Waals surface area contributed by atoms with Gasteiger partial charge in [-0.1, -0.05) is 6.07 Å². The van der Waals surface area contributed by atoms with E-state index in [4.69, 9.17) is 5.73 Å². The van der Waals surface area contributed by atoms with Crippen LogP contribution in [0.15, 0.2) is 43.5 Å². The first-order chi connectivity index (χ1) is 9.42. The van der Waals surface area contributed by atoms with Crippen LogP contribution in [-0.2, 0) is 23.1 Å². The molecule has 0 fully saturated rings. The molecule has 0 bridgehead atoms. The highest BCUT2D eigenvalue weighted by Gasteiger charge is 2.18. The highest BCUT2D eigenvalue weighted by Crippen LogP contribution is 2.25. The lowest BCUT2D eigenvalue weighted by Gasteiger charge is -2.09. The minimum absolute atomic E-state index is 0.205. The molecule has 0 spiro atoms. The average molecular weight is 440 g/mol. The van der Waals surface area contributed by atoms with E-state index in [1.165, 1.54) is 11.3 Å². The molecule has 0 aliphatic heterocycles. The predicted octanol–water partition coefficient (Wildman–Crippen LogP) is 3.21. The fraction of sp³-hybridized carbons (Fsp3) is 0.167. The van der Waals surface area contributed by atoms with Crippen molar-refractivity contribution in [3.8, 4) is 0 Å². The van der Waals surface area contributed by atoms with Gasteiger partial charge in [-0.3, -0.25) is 0 Å². The molecule has 0 amide bonds. The second-order valence-corrected chi connectivity index (χ2v) is 9.14. The first kappa shape index (κ1) is 16.1. The summed E-state index contributed by atoms with van der Waals surface area (Å²) in [6.45, 7) is 0.561. The summed E-state index contributed by atoms with van der Waals surface area (Å²) in [5.41, 5.74) is 6.32. The third-order valence-electron chi connectivity index (χ3n) is 2.59. The Bertz CT molecular complexity index is 714. The van der Waals surface area contributed by atoms with Crippen molar-refractivity contribution in [1.82, 2.24) is 4.72 Å². The Labute approximate surface area is 138 Å². The summed E-state index contributed by atoms with van der Waals surface area (Å²) in [6.07, 6.45) is 0. The zero-order chi connectivity index (χ0) is 14.8. The average Bonchev–Trinajstić information content (AvgIpc) is 2.83. The van der Waals surface area contributed by atoms with Gasteiger partial charge in [-0.2, -0.15) is 0 Å². The van der Waals surface area contributed by atoms with Crippen molar-refractivity contribution in [2.45, 2.75) is 18.0 Å². The van der Waals surface area contributed by atoms with Gasteiger partial charge in [-0.25, -0.2) is 13.1 Å². The van der Waals surface area contributed by atoms with Gasteiger partial charge in [0.15, 0.2) is 0 Å². The molecule has 0 atom stereocenters. The zero-order valence-corrected chi connectivity index (χ0v) is 15.1. The Morgan fingerprint density at radius 2 is 1.95 bits per heavy atom. The molecular formula is C12H12Br2N2O2S2.